The molecule has 0 saturated heterocycles. The van der Waals surface area contributed by atoms with E-state index in [-0.39, 0.29) is 10.4 Å². The molecule has 8 heteroatoms. The summed E-state index contributed by atoms with van der Waals surface area (Å²) in [6.07, 6.45) is -0.113. The number of fused-ring (bicyclic) bond motifs is 1. The molecule has 3 aromatic carbocycles. The number of rotatable bonds is 10. The molecule has 4 rings (SSSR count). The van der Waals surface area contributed by atoms with Crippen LogP contribution in [0.3, 0.4) is 0 Å². The van der Waals surface area contributed by atoms with Crippen molar-refractivity contribution in [2.45, 2.75) is 29.6 Å². The summed E-state index contributed by atoms with van der Waals surface area (Å²) in [6.45, 7) is 3.38. The minimum Gasteiger partial charge on any atom is -0.497 e. The van der Waals surface area contributed by atoms with E-state index in [9.17, 15) is 9.59 Å². The standard InChI is InChI=1S/C31H37N2O5S/c1-22(34)38-29-30(24-14-16-25(36-4)17-15-24)39-28-13-9-7-11-26(28)33(3,31(29)35)21-20-32(2)19-18-23-10-6-8-12-27(23)37-5/h6-17,29-30H,18-21H2,1-5H3/q+1/t29-,30+,33?/m0/s1. The van der Waals surface area contributed by atoms with Crippen molar-refractivity contribution in [3.63, 3.8) is 0 Å². The molecule has 39 heavy (non-hydrogen) atoms. The zero-order valence-corrected chi connectivity index (χ0v) is 24.1. The lowest BCUT2D eigenvalue weighted by Crippen LogP contribution is -2.58. The number of hydrogen-bond acceptors (Lipinski definition) is 7. The molecular weight excluding hydrogens is 512 g/mol. The fourth-order valence-corrected chi connectivity index (χ4v) is 6.36. The van der Waals surface area contributed by atoms with Gasteiger partial charge in [0.25, 0.3) is 0 Å². The average molecular weight is 550 g/mol. The number of thioether (sulfide) groups is 1. The highest BCUT2D eigenvalue weighted by molar-refractivity contribution is 7.99. The molecule has 1 heterocycles. The minimum absolute atomic E-state index is 0.0345. The topological polar surface area (TPSA) is 65.1 Å². The van der Waals surface area contributed by atoms with Crippen molar-refractivity contribution in [1.82, 2.24) is 9.38 Å². The second-order valence-corrected chi connectivity index (χ2v) is 11.1. The van der Waals surface area contributed by atoms with Crippen LogP contribution in [0, 0.1) is 0 Å². The molecule has 3 aromatic rings. The van der Waals surface area contributed by atoms with Crippen LogP contribution in [-0.4, -0.2) is 70.8 Å². The second-order valence-electron chi connectivity index (χ2n) is 9.93. The number of carbonyl (C=O) groups is 2. The average Bonchev–Trinajstić information content (AvgIpc) is 3.04. The van der Waals surface area contributed by atoms with Crippen LogP contribution in [-0.2, 0) is 20.7 Å². The van der Waals surface area contributed by atoms with Crippen molar-refractivity contribution >= 4 is 29.3 Å². The van der Waals surface area contributed by atoms with Gasteiger partial charge in [0.05, 0.1) is 31.4 Å². The van der Waals surface area contributed by atoms with Crippen LogP contribution in [0.25, 0.3) is 0 Å². The summed E-state index contributed by atoms with van der Waals surface area (Å²) < 4.78 is 16.6. The molecule has 206 valence electrons. The summed E-state index contributed by atoms with van der Waals surface area (Å²) >= 11 is 1.56. The first kappa shape index (κ1) is 28.7. The van der Waals surface area contributed by atoms with Crippen LogP contribution in [0.2, 0.25) is 0 Å². The Morgan fingerprint density at radius 1 is 0.949 bits per heavy atom. The highest BCUT2D eigenvalue weighted by Crippen LogP contribution is 2.48. The van der Waals surface area contributed by atoms with Gasteiger partial charge in [-0.15, -0.1) is 11.8 Å². The van der Waals surface area contributed by atoms with Crippen molar-refractivity contribution < 1.29 is 23.8 Å². The van der Waals surface area contributed by atoms with Gasteiger partial charge in [0.2, 0.25) is 6.10 Å². The Labute approximate surface area is 235 Å². The normalized spacial score (nSPS) is 20.7. The van der Waals surface area contributed by atoms with Crippen LogP contribution in [0.4, 0.5) is 5.69 Å². The van der Waals surface area contributed by atoms with Gasteiger partial charge in [-0.05, 0) is 48.9 Å². The summed E-state index contributed by atoms with van der Waals surface area (Å²) in [5, 5.41) is -0.392. The van der Waals surface area contributed by atoms with E-state index in [1.165, 1.54) is 6.92 Å². The highest BCUT2D eigenvalue weighted by Gasteiger charge is 2.50. The second kappa shape index (κ2) is 12.7. The van der Waals surface area contributed by atoms with Gasteiger partial charge in [-0.25, -0.2) is 9.28 Å². The molecule has 3 atom stereocenters. The molecule has 7 nitrogen and oxygen atoms in total. The number of esters is 1. The maximum Gasteiger partial charge on any atom is 0.361 e. The van der Waals surface area contributed by atoms with Gasteiger partial charge >= 0.3 is 11.9 Å². The number of methoxy groups -OCH3 is 2. The number of nitrogens with zero attached hydrogens (tertiary/aromatic N) is 2. The molecule has 0 N–H and O–H groups in total. The molecule has 1 unspecified atom stereocenters. The van der Waals surface area contributed by atoms with Gasteiger partial charge < -0.3 is 19.1 Å². The number of ether oxygens (including phenoxy) is 3. The lowest BCUT2D eigenvalue weighted by Gasteiger charge is -2.34. The van der Waals surface area contributed by atoms with Gasteiger partial charge in [-0.1, -0.05) is 42.5 Å². The third-order valence-corrected chi connectivity index (χ3v) is 8.65. The Bertz CT molecular complexity index is 1300. The van der Waals surface area contributed by atoms with Crippen LogP contribution in [0.1, 0.15) is 23.3 Å². The smallest absolute Gasteiger partial charge is 0.361 e. The van der Waals surface area contributed by atoms with Crippen LogP contribution < -0.4 is 14.0 Å². The fraction of sp³-hybridized carbons (Fsp3) is 0.355. The number of likely N-dealkylation sites (N-methyl/N-ethyl adjacent to an activating group) is 2. The van der Waals surface area contributed by atoms with Gasteiger partial charge in [0.15, 0.2) is 5.69 Å². The number of hydrogen-bond donors (Lipinski definition) is 0. The number of amides is 1. The van der Waals surface area contributed by atoms with Crippen molar-refractivity contribution in [3.05, 3.63) is 83.9 Å². The van der Waals surface area contributed by atoms with Crippen molar-refractivity contribution in [1.29, 1.82) is 0 Å². The SMILES string of the molecule is COc1ccc([C@H]2Sc3ccccc3[N+](C)(CCN(C)CCc3ccccc3OC)C(=O)[C@H]2OC(C)=O)cc1. The van der Waals surface area contributed by atoms with Crippen LogP contribution in [0.5, 0.6) is 11.5 Å². The van der Waals surface area contributed by atoms with E-state index < -0.39 is 17.3 Å². The molecule has 1 aliphatic heterocycles. The summed E-state index contributed by atoms with van der Waals surface area (Å²) in [5.74, 6) is 0.998. The number of carbonyl (C=O) groups excluding carboxylic acids is 2. The molecule has 0 saturated carbocycles. The van der Waals surface area contributed by atoms with E-state index in [0.29, 0.717) is 13.1 Å². The Balaban J connectivity index is 1.61. The lowest BCUT2D eigenvalue weighted by molar-refractivity contribution is -0.157. The van der Waals surface area contributed by atoms with Gasteiger partial charge in [-0.2, -0.15) is 0 Å². The lowest BCUT2D eigenvalue weighted by atomic mass is 10.0. The van der Waals surface area contributed by atoms with Crippen LogP contribution in [0.15, 0.2) is 77.7 Å². The maximum absolute atomic E-state index is 14.4. The summed E-state index contributed by atoms with van der Waals surface area (Å²) in [4.78, 5) is 29.8. The number of para-hydroxylation sites is 2. The van der Waals surface area contributed by atoms with Crippen molar-refractivity contribution in [3.8, 4) is 11.5 Å². The Hall–Kier alpha value is -3.33. The molecular formula is C31H37N2O5S+. The highest BCUT2D eigenvalue weighted by atomic mass is 32.2. The van der Waals surface area contributed by atoms with Crippen LogP contribution >= 0.6 is 11.8 Å². The van der Waals surface area contributed by atoms with E-state index in [1.807, 2.05) is 73.8 Å². The fourth-order valence-electron chi connectivity index (χ4n) is 4.95. The Morgan fingerprint density at radius 2 is 1.64 bits per heavy atom. The molecule has 0 spiro atoms. The first-order valence-electron chi connectivity index (χ1n) is 13.0. The molecule has 0 aromatic heterocycles. The molecule has 0 radical (unpaired) electrons. The monoisotopic (exact) mass is 549 g/mol. The van der Waals surface area contributed by atoms with Gasteiger partial charge in [-0.3, -0.25) is 4.79 Å². The predicted molar refractivity (Wildman–Crippen MR) is 155 cm³/mol. The van der Waals surface area contributed by atoms with Crippen molar-refractivity contribution in [2.75, 3.05) is 47.9 Å². The molecule has 1 aliphatic rings. The van der Waals surface area contributed by atoms with E-state index in [4.69, 9.17) is 14.2 Å². The molecule has 0 aliphatic carbocycles. The zero-order valence-electron chi connectivity index (χ0n) is 23.3. The van der Waals surface area contributed by atoms with E-state index in [2.05, 4.69) is 18.0 Å². The molecule has 0 bridgehead atoms. The third-order valence-electron chi connectivity index (χ3n) is 7.28. The summed E-state index contributed by atoms with van der Waals surface area (Å²) in [7, 11) is 7.30. The number of quaternary nitrogens is 1. The molecule has 0 fully saturated rings. The first-order valence-corrected chi connectivity index (χ1v) is 13.9. The number of benzene rings is 3. The third kappa shape index (κ3) is 6.46. The minimum atomic E-state index is -0.947. The zero-order chi connectivity index (χ0) is 28.0. The van der Waals surface area contributed by atoms with E-state index in [0.717, 1.165) is 46.2 Å². The largest absolute Gasteiger partial charge is 0.497 e. The Kier molecular flexibility index (Phi) is 9.32. The van der Waals surface area contributed by atoms with Gasteiger partial charge in [0, 0.05) is 26.1 Å². The summed E-state index contributed by atoms with van der Waals surface area (Å²) in [6, 6.07) is 23.6. The molecule has 1 amide bonds. The Morgan fingerprint density at radius 3 is 2.33 bits per heavy atom. The van der Waals surface area contributed by atoms with E-state index >= 15 is 0 Å². The quantitative estimate of drug-likeness (QED) is 0.257. The first-order chi connectivity index (χ1) is 18.8. The van der Waals surface area contributed by atoms with Gasteiger partial charge in [0.1, 0.15) is 18.0 Å². The maximum atomic E-state index is 14.4. The van der Waals surface area contributed by atoms with E-state index in [1.54, 1.807) is 26.0 Å². The summed E-state index contributed by atoms with van der Waals surface area (Å²) in [5.41, 5.74) is 2.97. The van der Waals surface area contributed by atoms with Crippen molar-refractivity contribution in [2.24, 2.45) is 0 Å². The predicted octanol–water partition coefficient (Wildman–Crippen LogP) is 5.12.